The number of amides is 1. The number of carbonyl (C=O) groups excluding carboxylic acids is 1. The Labute approximate surface area is 105 Å². The summed E-state index contributed by atoms with van der Waals surface area (Å²) in [6.45, 7) is 5.16. The lowest BCUT2D eigenvalue weighted by molar-refractivity contribution is -0.385. The zero-order valence-electron chi connectivity index (χ0n) is 10.7. The lowest BCUT2D eigenvalue weighted by atomic mass is 10.1. The molecule has 0 aliphatic heterocycles. The first-order chi connectivity index (χ1) is 8.36. The Hall–Kier alpha value is -1.95. The molecule has 0 aliphatic carbocycles. The molecule has 0 aromatic heterocycles. The van der Waals surface area contributed by atoms with Gasteiger partial charge in [0.25, 0.3) is 5.69 Å². The van der Waals surface area contributed by atoms with E-state index in [9.17, 15) is 14.9 Å². The second-order valence-electron chi connectivity index (χ2n) is 4.21. The fourth-order valence-electron chi connectivity index (χ4n) is 1.54. The number of nitrogens with two attached hydrogens (primary N) is 1. The van der Waals surface area contributed by atoms with Gasteiger partial charge in [0.15, 0.2) is 0 Å². The first kappa shape index (κ1) is 14.1. The minimum absolute atomic E-state index is 0.0466. The number of nitrogens with one attached hydrogen (secondary N) is 1. The highest BCUT2D eigenvalue weighted by Gasteiger charge is 2.16. The van der Waals surface area contributed by atoms with E-state index in [1.807, 2.05) is 6.92 Å². The molecule has 98 valence electrons. The van der Waals surface area contributed by atoms with Crippen molar-refractivity contribution >= 4 is 17.3 Å². The van der Waals surface area contributed by atoms with Crippen LogP contribution in [0.2, 0.25) is 0 Å². The van der Waals surface area contributed by atoms with Gasteiger partial charge in [0.2, 0.25) is 5.91 Å². The Morgan fingerprint density at radius 3 is 2.56 bits per heavy atom. The molecule has 6 heteroatoms. The van der Waals surface area contributed by atoms with Crippen LogP contribution >= 0.6 is 0 Å². The van der Waals surface area contributed by atoms with Crippen molar-refractivity contribution in [2.75, 3.05) is 5.32 Å². The average Bonchev–Trinajstić information content (AvgIpc) is 2.31. The van der Waals surface area contributed by atoms with Crippen molar-refractivity contribution in [2.45, 2.75) is 33.2 Å². The van der Waals surface area contributed by atoms with Gasteiger partial charge < -0.3 is 11.1 Å². The van der Waals surface area contributed by atoms with Crippen LogP contribution in [0, 0.1) is 24.0 Å². The molecular formula is C12H17N3O3. The van der Waals surface area contributed by atoms with E-state index in [0.717, 1.165) is 0 Å². The van der Waals surface area contributed by atoms with E-state index in [4.69, 9.17) is 5.73 Å². The van der Waals surface area contributed by atoms with Crippen molar-refractivity contribution in [1.82, 2.24) is 0 Å². The summed E-state index contributed by atoms with van der Waals surface area (Å²) in [7, 11) is 0. The molecule has 1 amide bonds. The number of nitro benzene ring substituents is 1. The third-order valence-corrected chi connectivity index (χ3v) is 2.77. The van der Waals surface area contributed by atoms with Crippen LogP contribution in [-0.4, -0.2) is 16.9 Å². The summed E-state index contributed by atoms with van der Waals surface area (Å²) in [5, 5.41) is 13.4. The van der Waals surface area contributed by atoms with Crippen LogP contribution in [0.4, 0.5) is 11.4 Å². The van der Waals surface area contributed by atoms with E-state index in [0.29, 0.717) is 23.2 Å². The lowest BCUT2D eigenvalue weighted by Gasteiger charge is -2.12. The summed E-state index contributed by atoms with van der Waals surface area (Å²) >= 11 is 0. The summed E-state index contributed by atoms with van der Waals surface area (Å²) in [5.41, 5.74) is 7.37. The molecule has 0 bridgehead atoms. The summed E-state index contributed by atoms with van der Waals surface area (Å²) in [5.74, 6) is -0.283. The monoisotopic (exact) mass is 251 g/mol. The summed E-state index contributed by atoms with van der Waals surface area (Å²) < 4.78 is 0. The van der Waals surface area contributed by atoms with Gasteiger partial charge in [-0.2, -0.15) is 0 Å². The zero-order valence-corrected chi connectivity index (χ0v) is 10.7. The third-order valence-electron chi connectivity index (χ3n) is 2.77. The van der Waals surface area contributed by atoms with E-state index in [2.05, 4.69) is 5.32 Å². The first-order valence-electron chi connectivity index (χ1n) is 5.68. The van der Waals surface area contributed by atoms with Gasteiger partial charge in [-0.25, -0.2) is 0 Å². The molecule has 0 spiro atoms. The Kier molecular flexibility index (Phi) is 4.38. The topological polar surface area (TPSA) is 98.3 Å². The van der Waals surface area contributed by atoms with Crippen molar-refractivity contribution in [3.63, 3.8) is 0 Å². The number of hydrogen-bond donors (Lipinski definition) is 2. The number of nitro groups is 1. The second kappa shape index (κ2) is 5.59. The number of hydrogen-bond acceptors (Lipinski definition) is 4. The first-order valence-corrected chi connectivity index (χ1v) is 5.68. The molecule has 0 radical (unpaired) electrons. The molecule has 0 saturated heterocycles. The fourth-order valence-corrected chi connectivity index (χ4v) is 1.54. The minimum atomic E-state index is -0.570. The van der Waals surface area contributed by atoms with E-state index < -0.39 is 11.0 Å². The van der Waals surface area contributed by atoms with Crippen LogP contribution in [0.25, 0.3) is 0 Å². The van der Waals surface area contributed by atoms with Crippen LogP contribution in [0.5, 0.6) is 0 Å². The average molecular weight is 251 g/mol. The van der Waals surface area contributed by atoms with Crippen LogP contribution < -0.4 is 11.1 Å². The van der Waals surface area contributed by atoms with Crippen molar-refractivity contribution in [3.05, 3.63) is 33.4 Å². The van der Waals surface area contributed by atoms with Crippen molar-refractivity contribution in [1.29, 1.82) is 0 Å². The molecule has 1 rings (SSSR count). The van der Waals surface area contributed by atoms with E-state index in [1.54, 1.807) is 19.9 Å². The van der Waals surface area contributed by atoms with Gasteiger partial charge in [-0.3, -0.25) is 14.9 Å². The van der Waals surface area contributed by atoms with E-state index in [1.165, 1.54) is 6.07 Å². The highest BCUT2D eigenvalue weighted by Crippen LogP contribution is 2.25. The standard InChI is InChI=1S/C12H17N3O3/c1-4-9(13)12(16)14-10-5-8(3)11(15(17)18)6-7(10)2/h5-6,9H,4,13H2,1-3H3,(H,14,16)/t9-/m1/s1. The van der Waals surface area contributed by atoms with Crippen LogP contribution in [0.3, 0.4) is 0 Å². The molecule has 0 heterocycles. The van der Waals surface area contributed by atoms with E-state index >= 15 is 0 Å². The molecule has 3 N–H and O–H groups in total. The van der Waals surface area contributed by atoms with Crippen molar-refractivity contribution in [3.8, 4) is 0 Å². The molecular weight excluding hydrogens is 234 g/mol. The number of rotatable bonds is 4. The van der Waals surface area contributed by atoms with Gasteiger partial charge in [-0.1, -0.05) is 6.92 Å². The maximum absolute atomic E-state index is 11.7. The number of carbonyl (C=O) groups is 1. The highest BCUT2D eigenvalue weighted by molar-refractivity contribution is 5.95. The molecule has 0 fully saturated rings. The quantitative estimate of drug-likeness (QED) is 0.630. The van der Waals surface area contributed by atoms with Gasteiger partial charge in [0, 0.05) is 17.3 Å². The van der Waals surface area contributed by atoms with Gasteiger partial charge >= 0.3 is 0 Å². The SMILES string of the molecule is CC[C@@H](N)C(=O)Nc1cc(C)c([N+](=O)[O-])cc1C. The van der Waals surface area contributed by atoms with Gasteiger partial charge in [-0.15, -0.1) is 0 Å². The normalized spacial score (nSPS) is 12.0. The smallest absolute Gasteiger partial charge is 0.272 e. The molecule has 18 heavy (non-hydrogen) atoms. The van der Waals surface area contributed by atoms with Gasteiger partial charge in [-0.05, 0) is 31.9 Å². The largest absolute Gasteiger partial charge is 0.324 e. The van der Waals surface area contributed by atoms with Crippen LogP contribution in [0.1, 0.15) is 24.5 Å². The highest BCUT2D eigenvalue weighted by atomic mass is 16.6. The lowest BCUT2D eigenvalue weighted by Crippen LogP contribution is -2.35. The van der Waals surface area contributed by atoms with Gasteiger partial charge in [0.05, 0.1) is 11.0 Å². The molecule has 1 aromatic carbocycles. The number of aryl methyl sites for hydroxylation is 2. The fraction of sp³-hybridized carbons (Fsp3) is 0.417. The molecule has 6 nitrogen and oxygen atoms in total. The minimum Gasteiger partial charge on any atom is -0.324 e. The predicted octanol–water partition coefficient (Wildman–Crippen LogP) is 1.89. The molecule has 1 aromatic rings. The number of benzene rings is 1. The second-order valence-corrected chi connectivity index (χ2v) is 4.21. The van der Waals surface area contributed by atoms with Crippen LogP contribution in [0.15, 0.2) is 12.1 Å². The Balaban J connectivity index is 3.02. The Morgan fingerprint density at radius 1 is 1.44 bits per heavy atom. The number of nitrogens with zero attached hydrogens (tertiary/aromatic N) is 1. The maximum Gasteiger partial charge on any atom is 0.272 e. The number of anilines is 1. The zero-order chi connectivity index (χ0) is 13.9. The van der Waals surface area contributed by atoms with Crippen LogP contribution in [-0.2, 0) is 4.79 Å². The summed E-state index contributed by atoms with van der Waals surface area (Å²) in [6, 6.07) is 2.47. The maximum atomic E-state index is 11.7. The third kappa shape index (κ3) is 3.04. The van der Waals surface area contributed by atoms with Gasteiger partial charge in [0.1, 0.15) is 0 Å². The summed E-state index contributed by atoms with van der Waals surface area (Å²) in [4.78, 5) is 22.0. The Morgan fingerprint density at radius 2 is 2.06 bits per heavy atom. The van der Waals surface area contributed by atoms with Crippen molar-refractivity contribution < 1.29 is 9.72 Å². The molecule has 1 atom stereocenters. The van der Waals surface area contributed by atoms with Crippen molar-refractivity contribution in [2.24, 2.45) is 5.73 Å². The Bertz CT molecular complexity index is 486. The molecule has 0 saturated carbocycles. The molecule has 0 unspecified atom stereocenters. The predicted molar refractivity (Wildman–Crippen MR) is 69.5 cm³/mol. The summed E-state index contributed by atoms with van der Waals surface area (Å²) in [6.07, 6.45) is 0.539. The molecule has 0 aliphatic rings. The van der Waals surface area contributed by atoms with E-state index in [-0.39, 0.29) is 11.6 Å².